The minimum absolute atomic E-state index is 0. The van der Waals surface area contributed by atoms with Crippen LogP contribution in [0.2, 0.25) is 5.02 Å². The molecule has 2 N–H and O–H groups in total. The molecule has 0 bridgehead atoms. The highest BCUT2D eigenvalue weighted by Gasteiger charge is 2.14. The molecule has 0 saturated heterocycles. The number of benzene rings is 3. The summed E-state index contributed by atoms with van der Waals surface area (Å²) in [6, 6.07) is 14.6. The number of anilines is 1. The van der Waals surface area contributed by atoms with Gasteiger partial charge in [0.2, 0.25) is 0 Å². The zero-order valence-electron chi connectivity index (χ0n) is 18.9. The molecular weight excluding hydrogens is 564 g/mol. The Labute approximate surface area is 222 Å². The molecule has 0 aliphatic carbocycles. The molecule has 11 heteroatoms. The molecule has 7 nitrogen and oxygen atoms in total. The maximum absolute atomic E-state index is 13.9. The normalized spacial score (nSPS) is 10.4. The topological polar surface area (TPSA) is 85.7 Å². The van der Waals surface area contributed by atoms with E-state index in [4.69, 9.17) is 21.1 Å². The molecule has 0 aromatic heterocycles. The number of nitrogens with one attached hydrogen (secondary N) is 2. The molecule has 0 atom stereocenters. The summed E-state index contributed by atoms with van der Waals surface area (Å²) in [7, 11) is 0. The van der Waals surface area contributed by atoms with Crippen LogP contribution in [-0.2, 0) is 13.2 Å². The summed E-state index contributed by atoms with van der Waals surface area (Å²) in [5, 5.41) is 17.6. The number of halogens is 4. The minimum atomic E-state index is -0.484. The van der Waals surface area contributed by atoms with Crippen LogP contribution in [0.25, 0.3) is 0 Å². The van der Waals surface area contributed by atoms with Crippen LogP contribution in [0.1, 0.15) is 18.1 Å². The predicted octanol–water partition coefficient (Wildman–Crippen LogP) is 6.75. The monoisotopic (exact) mass is 587 g/mol. The summed E-state index contributed by atoms with van der Waals surface area (Å²) < 4.78 is 26.3. The fraction of sp³-hybridized carbons (Fsp3) is 0.250. The first-order valence-electron chi connectivity index (χ1n) is 10.6. The van der Waals surface area contributed by atoms with E-state index in [-0.39, 0.29) is 30.5 Å². The largest absolute Gasteiger partial charge is 0.490 e. The zero-order valence-corrected chi connectivity index (χ0v) is 22.0. The lowest BCUT2D eigenvalue weighted by Gasteiger charge is -2.16. The lowest BCUT2D eigenvalue weighted by atomic mass is 10.2. The van der Waals surface area contributed by atoms with Gasteiger partial charge in [-0.1, -0.05) is 29.8 Å². The Balaban J connectivity index is 0.00000432. The summed E-state index contributed by atoms with van der Waals surface area (Å²) in [5.41, 5.74) is 2.02. The molecule has 3 rings (SSSR count). The van der Waals surface area contributed by atoms with E-state index in [1.165, 1.54) is 18.2 Å². The molecule has 0 unspecified atom stereocenters. The van der Waals surface area contributed by atoms with E-state index in [0.717, 1.165) is 5.56 Å². The molecule has 35 heavy (non-hydrogen) atoms. The van der Waals surface area contributed by atoms with Crippen molar-refractivity contribution in [3.05, 3.63) is 91.2 Å². The van der Waals surface area contributed by atoms with Crippen molar-refractivity contribution < 1.29 is 18.8 Å². The van der Waals surface area contributed by atoms with E-state index >= 15 is 0 Å². The number of nitrogens with zero attached hydrogens (tertiary/aromatic N) is 1. The molecule has 3 aromatic carbocycles. The first kappa shape index (κ1) is 28.6. The van der Waals surface area contributed by atoms with Gasteiger partial charge in [-0.2, -0.15) is 0 Å². The van der Waals surface area contributed by atoms with Gasteiger partial charge in [-0.15, -0.1) is 12.4 Å². The molecule has 0 aliphatic heterocycles. The second-order valence-electron chi connectivity index (χ2n) is 7.24. The number of non-ortho nitro benzene ring substituents is 1. The van der Waals surface area contributed by atoms with Gasteiger partial charge in [-0.05, 0) is 52.7 Å². The minimum Gasteiger partial charge on any atom is -0.490 e. The number of hydrogen-bond donors (Lipinski definition) is 2. The first-order chi connectivity index (χ1) is 16.4. The van der Waals surface area contributed by atoms with Gasteiger partial charge in [0.05, 0.1) is 26.7 Å². The Morgan fingerprint density at radius 1 is 1.11 bits per heavy atom. The van der Waals surface area contributed by atoms with Crippen molar-refractivity contribution in [1.82, 2.24) is 5.32 Å². The van der Waals surface area contributed by atoms with Crippen molar-refractivity contribution in [3.8, 4) is 11.5 Å². The lowest BCUT2D eigenvalue weighted by Crippen LogP contribution is -2.22. The summed E-state index contributed by atoms with van der Waals surface area (Å²) >= 11 is 9.63. The highest BCUT2D eigenvalue weighted by atomic mass is 79.9. The summed E-state index contributed by atoms with van der Waals surface area (Å²) in [6.07, 6.45) is 0. The quantitative estimate of drug-likeness (QED) is 0.138. The molecule has 188 valence electrons. The molecular formula is C24H25BrCl2FN3O4. The highest BCUT2D eigenvalue weighted by molar-refractivity contribution is 9.10. The number of hydrogen-bond acceptors (Lipinski definition) is 6. The third-order valence-corrected chi connectivity index (χ3v) is 5.71. The summed E-state index contributed by atoms with van der Waals surface area (Å²) in [5.74, 6) is 0.769. The van der Waals surface area contributed by atoms with E-state index in [1.807, 2.05) is 19.1 Å². The van der Waals surface area contributed by atoms with Crippen molar-refractivity contribution in [1.29, 1.82) is 0 Å². The van der Waals surface area contributed by atoms with Gasteiger partial charge >= 0.3 is 0 Å². The average Bonchev–Trinajstić information content (AvgIpc) is 2.80. The maximum Gasteiger partial charge on any atom is 0.271 e. The molecule has 0 heterocycles. The van der Waals surface area contributed by atoms with Crippen molar-refractivity contribution in [2.24, 2.45) is 0 Å². The first-order valence-corrected chi connectivity index (χ1v) is 11.8. The average molecular weight is 589 g/mol. The maximum atomic E-state index is 13.9. The van der Waals surface area contributed by atoms with Crippen LogP contribution < -0.4 is 20.1 Å². The molecule has 0 aliphatic rings. The van der Waals surface area contributed by atoms with Gasteiger partial charge in [0.15, 0.2) is 11.5 Å². The number of nitro groups is 1. The smallest absolute Gasteiger partial charge is 0.271 e. The van der Waals surface area contributed by atoms with Crippen LogP contribution in [0.3, 0.4) is 0 Å². The fourth-order valence-corrected chi connectivity index (χ4v) is 4.02. The Morgan fingerprint density at radius 3 is 2.57 bits per heavy atom. The predicted molar refractivity (Wildman–Crippen MR) is 142 cm³/mol. The van der Waals surface area contributed by atoms with Crippen LogP contribution in [0.15, 0.2) is 59.1 Å². The molecule has 0 amide bonds. The van der Waals surface area contributed by atoms with E-state index in [1.54, 1.807) is 24.3 Å². The molecule has 0 radical (unpaired) electrons. The van der Waals surface area contributed by atoms with E-state index < -0.39 is 4.92 Å². The number of ether oxygens (including phenoxy) is 2. The van der Waals surface area contributed by atoms with Gasteiger partial charge < -0.3 is 20.1 Å². The second kappa shape index (κ2) is 14.1. The fourth-order valence-electron chi connectivity index (χ4n) is 3.17. The van der Waals surface area contributed by atoms with Crippen molar-refractivity contribution >= 4 is 51.3 Å². The molecule has 0 spiro atoms. The van der Waals surface area contributed by atoms with Crippen LogP contribution in [0.4, 0.5) is 15.8 Å². The lowest BCUT2D eigenvalue weighted by molar-refractivity contribution is -0.384. The second-order valence-corrected chi connectivity index (χ2v) is 8.50. The van der Waals surface area contributed by atoms with Crippen molar-refractivity contribution in [2.75, 3.05) is 25.0 Å². The molecule has 0 saturated carbocycles. The van der Waals surface area contributed by atoms with Crippen molar-refractivity contribution in [2.45, 2.75) is 20.1 Å². The van der Waals surface area contributed by atoms with Crippen LogP contribution >= 0.6 is 39.9 Å². The summed E-state index contributed by atoms with van der Waals surface area (Å²) in [4.78, 5) is 10.3. The highest BCUT2D eigenvalue weighted by Crippen LogP contribution is 2.37. The Morgan fingerprint density at radius 2 is 1.89 bits per heavy atom. The SMILES string of the molecule is CCOc1cc(CNCCNc2ccc([N+](=O)[O-])cc2Cl)cc(Br)c1OCc1ccccc1F.Cl. The molecule has 0 fully saturated rings. The third-order valence-electron chi connectivity index (χ3n) is 4.81. The van der Waals surface area contributed by atoms with Crippen molar-refractivity contribution in [3.63, 3.8) is 0 Å². The Hall–Kier alpha value is -2.59. The number of rotatable bonds is 12. The van der Waals surface area contributed by atoms with Gasteiger partial charge in [-0.3, -0.25) is 10.1 Å². The Kier molecular flexibility index (Phi) is 11.5. The van der Waals surface area contributed by atoms with Crippen LogP contribution in [-0.4, -0.2) is 24.6 Å². The van der Waals surface area contributed by atoms with E-state index in [2.05, 4.69) is 26.6 Å². The van der Waals surface area contributed by atoms with Gasteiger partial charge in [0.1, 0.15) is 12.4 Å². The van der Waals surface area contributed by atoms with Crippen LogP contribution in [0.5, 0.6) is 11.5 Å². The zero-order chi connectivity index (χ0) is 24.5. The third kappa shape index (κ3) is 8.24. The van der Waals surface area contributed by atoms with E-state index in [9.17, 15) is 14.5 Å². The van der Waals surface area contributed by atoms with Gasteiger partial charge in [-0.25, -0.2) is 4.39 Å². The molecule has 3 aromatic rings. The van der Waals surface area contributed by atoms with Crippen LogP contribution in [0, 0.1) is 15.9 Å². The standard InChI is InChI=1S/C24H24BrClFN3O4.ClH/c1-2-33-23-12-16(11-19(25)24(23)34-15-17-5-3-4-6-21(17)27)14-28-9-10-29-22-8-7-18(30(31)32)13-20(22)26;/h3-8,11-13,28-29H,2,9-10,14-15H2,1H3;1H. The van der Waals surface area contributed by atoms with E-state index in [0.29, 0.717) is 58.5 Å². The Bertz CT molecular complexity index is 1150. The van der Waals surface area contributed by atoms with Gasteiger partial charge in [0, 0.05) is 37.3 Å². The number of nitro benzene ring substituents is 1. The van der Waals surface area contributed by atoms with Gasteiger partial charge in [0.25, 0.3) is 5.69 Å². The summed E-state index contributed by atoms with van der Waals surface area (Å²) in [6.45, 7) is 4.19.